The normalized spacial score (nSPS) is 30.7. The van der Waals surface area contributed by atoms with Gasteiger partial charge in [-0.3, -0.25) is 0 Å². The summed E-state index contributed by atoms with van der Waals surface area (Å²) in [5.41, 5.74) is 2.60. The fraction of sp³-hybridized carbons (Fsp3) is 0.562. The Bertz CT molecular complexity index is 470. The summed E-state index contributed by atoms with van der Waals surface area (Å²) in [7, 11) is 0. The Morgan fingerprint density at radius 2 is 2.17 bits per heavy atom. The maximum atomic E-state index is 9.62. The van der Waals surface area contributed by atoms with Crippen LogP contribution < -0.4 is 0 Å². The maximum absolute atomic E-state index is 9.62. The summed E-state index contributed by atoms with van der Waals surface area (Å²) in [6.07, 6.45) is 6.44. The Hall–Kier alpha value is -1.33. The van der Waals surface area contributed by atoms with Crippen molar-refractivity contribution in [2.75, 3.05) is 6.61 Å². The second-order valence-corrected chi connectivity index (χ2v) is 5.68. The van der Waals surface area contributed by atoms with Crippen molar-refractivity contribution in [3.63, 3.8) is 0 Å². The van der Waals surface area contributed by atoms with Crippen LogP contribution in [0.2, 0.25) is 0 Å². The number of rotatable bonds is 2. The minimum absolute atomic E-state index is 0.191. The van der Waals surface area contributed by atoms with Crippen LogP contribution in [0, 0.1) is 16.7 Å². The lowest BCUT2D eigenvalue weighted by Crippen LogP contribution is -2.31. The van der Waals surface area contributed by atoms with E-state index in [-0.39, 0.29) is 5.41 Å². The Balaban J connectivity index is 1.80. The van der Waals surface area contributed by atoms with Crippen molar-refractivity contribution in [2.24, 2.45) is 5.41 Å². The van der Waals surface area contributed by atoms with E-state index in [0.29, 0.717) is 6.10 Å². The molecule has 2 nitrogen and oxygen atoms in total. The highest BCUT2D eigenvalue weighted by atomic mass is 16.5. The zero-order valence-electron chi connectivity index (χ0n) is 10.7. The molecule has 1 aromatic rings. The summed E-state index contributed by atoms with van der Waals surface area (Å²) in [4.78, 5) is 0. The molecule has 0 spiro atoms. The summed E-state index contributed by atoms with van der Waals surface area (Å²) in [5, 5.41) is 9.62. The van der Waals surface area contributed by atoms with Gasteiger partial charge in [-0.1, -0.05) is 24.3 Å². The van der Waals surface area contributed by atoms with Gasteiger partial charge in [0.25, 0.3) is 0 Å². The van der Waals surface area contributed by atoms with Crippen molar-refractivity contribution >= 4 is 0 Å². The Morgan fingerprint density at radius 1 is 1.33 bits per heavy atom. The zero-order chi connectivity index (χ0) is 12.4. The minimum atomic E-state index is -0.191. The lowest BCUT2D eigenvalue weighted by atomic mass is 9.69. The van der Waals surface area contributed by atoms with Gasteiger partial charge in [0.05, 0.1) is 17.6 Å². The fourth-order valence-electron chi connectivity index (χ4n) is 3.36. The highest BCUT2D eigenvalue weighted by molar-refractivity contribution is 5.33. The molecule has 2 heteroatoms. The summed E-state index contributed by atoms with van der Waals surface area (Å²) in [6.45, 7) is 0.878. The van der Waals surface area contributed by atoms with E-state index >= 15 is 0 Å². The summed E-state index contributed by atoms with van der Waals surface area (Å²) in [6, 6.07) is 11.2. The van der Waals surface area contributed by atoms with Gasteiger partial charge in [0.15, 0.2) is 0 Å². The lowest BCUT2D eigenvalue weighted by molar-refractivity contribution is 0.0724. The standard InChI is InChI=1S/C16H19NO/c17-12-16(11-15-6-3-9-18-15)8-7-13-4-1-2-5-14(13)10-16/h1-2,4-5,15H,3,6-11H2. The Kier molecular flexibility index (Phi) is 3.09. The van der Waals surface area contributed by atoms with Crippen LogP contribution in [-0.2, 0) is 17.6 Å². The number of hydrogen-bond acceptors (Lipinski definition) is 2. The van der Waals surface area contributed by atoms with Gasteiger partial charge < -0.3 is 4.74 Å². The quantitative estimate of drug-likeness (QED) is 0.796. The van der Waals surface area contributed by atoms with Gasteiger partial charge in [0.2, 0.25) is 0 Å². The molecular weight excluding hydrogens is 222 g/mol. The fourth-order valence-corrected chi connectivity index (χ4v) is 3.36. The van der Waals surface area contributed by atoms with Crippen LogP contribution in [0.5, 0.6) is 0 Å². The topological polar surface area (TPSA) is 33.0 Å². The van der Waals surface area contributed by atoms with Gasteiger partial charge in [0, 0.05) is 6.61 Å². The monoisotopic (exact) mass is 241 g/mol. The van der Waals surface area contributed by atoms with E-state index in [1.165, 1.54) is 11.1 Å². The molecule has 2 aliphatic rings. The maximum Gasteiger partial charge on any atom is 0.0694 e. The van der Waals surface area contributed by atoms with Gasteiger partial charge in [-0.2, -0.15) is 5.26 Å². The molecule has 1 aromatic carbocycles. The molecule has 0 bridgehead atoms. The summed E-state index contributed by atoms with van der Waals surface area (Å²) < 4.78 is 5.72. The number of nitrogens with zero attached hydrogens (tertiary/aromatic N) is 1. The van der Waals surface area contributed by atoms with Crippen molar-refractivity contribution in [1.29, 1.82) is 5.26 Å². The first-order chi connectivity index (χ1) is 8.81. The van der Waals surface area contributed by atoms with Crippen LogP contribution in [0.3, 0.4) is 0 Å². The van der Waals surface area contributed by atoms with Gasteiger partial charge in [-0.25, -0.2) is 0 Å². The molecule has 18 heavy (non-hydrogen) atoms. The number of nitriles is 1. The number of aryl methyl sites for hydroxylation is 1. The van der Waals surface area contributed by atoms with Crippen molar-refractivity contribution in [2.45, 2.75) is 44.6 Å². The molecule has 2 unspecified atom stereocenters. The van der Waals surface area contributed by atoms with E-state index in [0.717, 1.165) is 45.1 Å². The van der Waals surface area contributed by atoms with Gasteiger partial charge in [-0.15, -0.1) is 0 Å². The van der Waals surface area contributed by atoms with Gasteiger partial charge in [-0.05, 0) is 49.7 Å². The highest BCUT2D eigenvalue weighted by Gasteiger charge is 2.37. The van der Waals surface area contributed by atoms with Crippen molar-refractivity contribution in [1.82, 2.24) is 0 Å². The van der Waals surface area contributed by atoms with Gasteiger partial charge in [0.1, 0.15) is 0 Å². The van der Waals surface area contributed by atoms with E-state index in [2.05, 4.69) is 30.3 Å². The number of fused-ring (bicyclic) bond motifs is 1. The SMILES string of the molecule is N#CC1(CC2CCCO2)CCc2ccccc2C1. The number of benzene rings is 1. The van der Waals surface area contributed by atoms with Crippen LogP contribution in [0.25, 0.3) is 0 Å². The van der Waals surface area contributed by atoms with Crippen LogP contribution >= 0.6 is 0 Å². The molecule has 1 aliphatic carbocycles. The van der Waals surface area contributed by atoms with Crippen molar-refractivity contribution in [3.8, 4) is 6.07 Å². The second-order valence-electron chi connectivity index (χ2n) is 5.68. The van der Waals surface area contributed by atoms with Crippen LogP contribution in [0.1, 0.15) is 36.8 Å². The van der Waals surface area contributed by atoms with E-state index < -0.39 is 0 Å². The highest BCUT2D eigenvalue weighted by Crippen LogP contribution is 2.40. The van der Waals surface area contributed by atoms with Crippen LogP contribution in [0.15, 0.2) is 24.3 Å². The van der Waals surface area contributed by atoms with E-state index in [4.69, 9.17) is 4.74 Å². The van der Waals surface area contributed by atoms with Crippen LogP contribution in [-0.4, -0.2) is 12.7 Å². The first kappa shape index (κ1) is 11.7. The second kappa shape index (κ2) is 4.74. The average Bonchev–Trinajstić information content (AvgIpc) is 2.91. The minimum Gasteiger partial charge on any atom is -0.378 e. The first-order valence-corrected chi connectivity index (χ1v) is 6.91. The summed E-state index contributed by atoms with van der Waals surface area (Å²) >= 11 is 0. The molecule has 0 radical (unpaired) electrons. The number of hydrogen-bond donors (Lipinski definition) is 0. The zero-order valence-corrected chi connectivity index (χ0v) is 10.7. The predicted octanol–water partition coefficient (Wildman–Crippen LogP) is 3.25. The van der Waals surface area contributed by atoms with Crippen molar-refractivity contribution < 1.29 is 4.74 Å². The molecular formula is C16H19NO. The predicted molar refractivity (Wildman–Crippen MR) is 70.1 cm³/mol. The largest absolute Gasteiger partial charge is 0.378 e. The molecule has 1 saturated heterocycles. The summed E-state index contributed by atoms with van der Waals surface area (Å²) in [5.74, 6) is 0. The molecule has 0 aromatic heterocycles. The third-order valence-electron chi connectivity index (χ3n) is 4.40. The van der Waals surface area contributed by atoms with E-state index in [9.17, 15) is 5.26 Å². The molecule has 0 saturated carbocycles. The molecule has 0 amide bonds. The Labute approximate surface area is 109 Å². The first-order valence-electron chi connectivity index (χ1n) is 6.91. The molecule has 1 fully saturated rings. The third kappa shape index (κ3) is 2.15. The number of ether oxygens (including phenoxy) is 1. The van der Waals surface area contributed by atoms with Crippen molar-refractivity contribution in [3.05, 3.63) is 35.4 Å². The molecule has 94 valence electrons. The molecule has 0 N–H and O–H groups in total. The molecule has 3 rings (SSSR count). The molecule has 1 heterocycles. The van der Waals surface area contributed by atoms with Crippen LogP contribution in [0.4, 0.5) is 0 Å². The smallest absolute Gasteiger partial charge is 0.0694 e. The van der Waals surface area contributed by atoms with Gasteiger partial charge >= 0.3 is 0 Å². The average molecular weight is 241 g/mol. The molecule has 2 atom stereocenters. The third-order valence-corrected chi connectivity index (χ3v) is 4.40. The lowest BCUT2D eigenvalue weighted by Gasteiger charge is -2.34. The van der Waals surface area contributed by atoms with E-state index in [1.54, 1.807) is 0 Å². The Morgan fingerprint density at radius 3 is 2.89 bits per heavy atom. The van der Waals surface area contributed by atoms with E-state index in [1.807, 2.05) is 0 Å². The molecule has 1 aliphatic heterocycles.